The molecule has 0 spiro atoms. The molecule has 0 radical (unpaired) electrons. The molecule has 0 aromatic rings. The van der Waals surface area contributed by atoms with Crippen molar-refractivity contribution in [3.63, 3.8) is 0 Å². The molecule has 0 bridgehead atoms. The molecule has 0 N–H and O–H groups in total. The number of allylic oxidation sites excluding steroid dienone is 8. The summed E-state index contributed by atoms with van der Waals surface area (Å²) in [4.78, 5) is 0. The summed E-state index contributed by atoms with van der Waals surface area (Å²) in [6.07, 6.45) is 23.5. The van der Waals surface area contributed by atoms with E-state index in [9.17, 15) is 0 Å². The number of hydrogen-bond donors (Lipinski definition) is 0. The zero-order valence-electron chi connectivity index (χ0n) is 16.5. The predicted molar refractivity (Wildman–Crippen MR) is 98.5 cm³/mol. The first kappa shape index (κ1) is 30.2. The van der Waals surface area contributed by atoms with Gasteiger partial charge >= 0.3 is 26.2 Å². The third kappa shape index (κ3) is 11.7. The molecule has 0 aliphatic heterocycles. The second-order valence-corrected chi connectivity index (χ2v) is 6.27. The average Bonchev–Trinajstić information content (AvgIpc) is 3.12. The molecule has 0 unspecified atom stereocenters. The van der Waals surface area contributed by atoms with Crippen LogP contribution >= 0.6 is 0 Å². The fraction of sp³-hybridized carbons (Fsp3) is 0.636. The van der Waals surface area contributed by atoms with E-state index < -0.39 is 0 Å². The normalized spacial score (nSPS) is 14.6. The molecule has 0 heterocycles. The molecule has 0 saturated heterocycles. The minimum atomic E-state index is 0. The summed E-state index contributed by atoms with van der Waals surface area (Å²) in [7, 11) is 0. The second-order valence-electron chi connectivity index (χ2n) is 6.27. The van der Waals surface area contributed by atoms with Gasteiger partial charge in [-0.1, -0.05) is 91.9 Å². The van der Waals surface area contributed by atoms with Crippen molar-refractivity contribution >= 4 is 0 Å². The molecule has 0 aromatic carbocycles. The molecule has 140 valence electrons. The maximum atomic E-state index is 3.35. The van der Waals surface area contributed by atoms with Crippen LogP contribution in [0.4, 0.5) is 0 Å². The van der Waals surface area contributed by atoms with Gasteiger partial charge in [0.2, 0.25) is 0 Å². The predicted octanol–water partition coefficient (Wildman–Crippen LogP) is 1.30. The summed E-state index contributed by atoms with van der Waals surface area (Å²) in [6.45, 7) is 8.96. The van der Waals surface area contributed by atoms with Crippen molar-refractivity contribution in [2.24, 2.45) is 0 Å². The van der Waals surface area contributed by atoms with E-state index in [4.69, 9.17) is 0 Å². The first-order chi connectivity index (χ1) is 10.8. The quantitative estimate of drug-likeness (QED) is 0.479. The van der Waals surface area contributed by atoms with Crippen LogP contribution in [0.5, 0.6) is 0 Å². The molecular weight excluding hydrogens is 426 g/mol. The summed E-state index contributed by atoms with van der Waals surface area (Å²) in [6, 6.07) is 0. The molecule has 0 saturated carbocycles. The molecule has 0 nitrogen and oxygen atoms in total. The summed E-state index contributed by atoms with van der Waals surface area (Å²) in [5.74, 6) is 0. The van der Waals surface area contributed by atoms with Gasteiger partial charge in [0.1, 0.15) is 0 Å². The van der Waals surface area contributed by atoms with E-state index in [1.54, 1.807) is 11.1 Å². The van der Waals surface area contributed by atoms with E-state index >= 15 is 0 Å². The molecule has 2 aliphatic carbocycles. The zero-order valence-corrected chi connectivity index (χ0v) is 20.5. The second kappa shape index (κ2) is 19.2. The number of halogens is 2. The van der Waals surface area contributed by atoms with Crippen LogP contribution in [-0.2, 0) is 26.2 Å². The van der Waals surface area contributed by atoms with Gasteiger partial charge < -0.3 is 24.8 Å². The average molecular weight is 461 g/mol. The summed E-state index contributed by atoms with van der Waals surface area (Å²) >= 11 is 0. The standard InChI is InChI=1S/2C11H17.2ClH.Zr/c2*1-3-6-10-8-5-9-11(10)7-4-2;;;/h2*5H,3-4,6-8H2,1-2H3;2*1H;/q2*-1;;;+4/p-2. The van der Waals surface area contributed by atoms with Gasteiger partial charge in [-0.25, -0.2) is 22.3 Å². The van der Waals surface area contributed by atoms with E-state index in [0.29, 0.717) is 0 Å². The zero-order chi connectivity index (χ0) is 16.2. The Hall–Kier alpha value is 0.423. The summed E-state index contributed by atoms with van der Waals surface area (Å²) in [5.41, 5.74) is 6.26. The van der Waals surface area contributed by atoms with Crippen LogP contribution in [-0.4, -0.2) is 0 Å². The van der Waals surface area contributed by atoms with Crippen LogP contribution in [0.3, 0.4) is 0 Å². The molecule has 2 aliphatic rings. The van der Waals surface area contributed by atoms with Crippen molar-refractivity contribution in [1.29, 1.82) is 0 Å². The first-order valence-corrected chi connectivity index (χ1v) is 9.34. The van der Waals surface area contributed by atoms with Gasteiger partial charge in [-0.2, -0.15) is 12.2 Å². The summed E-state index contributed by atoms with van der Waals surface area (Å²) < 4.78 is 0. The Bertz CT molecular complexity index is 403. The third-order valence-electron chi connectivity index (χ3n) is 4.21. The van der Waals surface area contributed by atoms with Gasteiger partial charge in [0.05, 0.1) is 0 Å². The molecule has 3 heteroatoms. The van der Waals surface area contributed by atoms with Crippen molar-refractivity contribution in [3.8, 4) is 0 Å². The van der Waals surface area contributed by atoms with Crippen LogP contribution in [0.15, 0.2) is 34.4 Å². The van der Waals surface area contributed by atoms with Crippen molar-refractivity contribution in [1.82, 2.24) is 0 Å². The Morgan fingerprint density at radius 1 is 0.640 bits per heavy atom. The van der Waals surface area contributed by atoms with Crippen molar-refractivity contribution in [3.05, 3.63) is 46.6 Å². The van der Waals surface area contributed by atoms with Crippen molar-refractivity contribution in [2.75, 3.05) is 0 Å². The fourth-order valence-corrected chi connectivity index (χ4v) is 3.15. The van der Waals surface area contributed by atoms with Crippen molar-refractivity contribution in [2.45, 2.75) is 91.9 Å². The minimum absolute atomic E-state index is 0. The van der Waals surface area contributed by atoms with E-state index in [-0.39, 0.29) is 51.0 Å². The van der Waals surface area contributed by atoms with Gasteiger partial charge in [0, 0.05) is 0 Å². The topological polar surface area (TPSA) is 0 Å². The molecule has 0 aromatic heterocycles. The van der Waals surface area contributed by atoms with E-state index in [1.807, 2.05) is 0 Å². The van der Waals surface area contributed by atoms with Crippen LogP contribution in [0.25, 0.3) is 0 Å². The van der Waals surface area contributed by atoms with Crippen LogP contribution in [0.2, 0.25) is 0 Å². The Morgan fingerprint density at radius 3 is 1.24 bits per heavy atom. The molecule has 0 amide bonds. The van der Waals surface area contributed by atoms with E-state index in [1.165, 1.54) is 75.4 Å². The Labute approximate surface area is 188 Å². The molecule has 2 rings (SSSR count). The van der Waals surface area contributed by atoms with Gasteiger partial charge in [-0.15, -0.1) is 0 Å². The molecule has 25 heavy (non-hydrogen) atoms. The number of hydrogen-bond acceptors (Lipinski definition) is 0. The minimum Gasteiger partial charge on any atom is -1.00 e. The largest absolute Gasteiger partial charge is 4.00 e. The smallest absolute Gasteiger partial charge is 1.00 e. The maximum absolute atomic E-state index is 3.35. The number of rotatable bonds is 8. The molecule has 0 atom stereocenters. The first-order valence-electron chi connectivity index (χ1n) is 9.34. The SMILES string of the molecule is CCCC1=C(CCC)CC=[C-]1.CCCC1=C(CCC)CC=[C-]1.[Cl-].[Cl-].[Zr+4]. The van der Waals surface area contributed by atoms with Crippen LogP contribution in [0.1, 0.15) is 91.9 Å². The molecule has 0 fully saturated rings. The Morgan fingerprint density at radius 2 is 0.960 bits per heavy atom. The van der Waals surface area contributed by atoms with E-state index in [0.717, 1.165) is 0 Å². The van der Waals surface area contributed by atoms with Crippen LogP contribution < -0.4 is 24.8 Å². The van der Waals surface area contributed by atoms with E-state index in [2.05, 4.69) is 52.0 Å². The summed E-state index contributed by atoms with van der Waals surface area (Å²) in [5, 5.41) is 0. The van der Waals surface area contributed by atoms with Gasteiger partial charge in [0.15, 0.2) is 0 Å². The fourth-order valence-electron chi connectivity index (χ4n) is 3.15. The van der Waals surface area contributed by atoms with Crippen LogP contribution in [0, 0.1) is 12.2 Å². The monoisotopic (exact) mass is 458 g/mol. The Kier molecular flexibility index (Phi) is 23.2. The van der Waals surface area contributed by atoms with Gasteiger partial charge in [-0.3, -0.25) is 12.2 Å². The third-order valence-corrected chi connectivity index (χ3v) is 4.21. The Balaban J connectivity index is -0.000000346. The van der Waals surface area contributed by atoms with Gasteiger partial charge in [-0.05, 0) is 0 Å². The maximum Gasteiger partial charge on any atom is 4.00 e. The molecular formula is C22H34Cl2Zr. The van der Waals surface area contributed by atoms with Crippen molar-refractivity contribution < 1.29 is 51.0 Å². The van der Waals surface area contributed by atoms with Gasteiger partial charge in [0.25, 0.3) is 0 Å².